The van der Waals surface area contributed by atoms with Gasteiger partial charge in [-0.25, -0.2) is 4.79 Å². The molecule has 14 N–H and O–H groups in total. The number of aliphatic hydroxyl groups excluding tert-OH is 2. The molecule has 0 aromatic carbocycles. The van der Waals surface area contributed by atoms with Crippen molar-refractivity contribution < 1.29 is 73.5 Å². The fraction of sp³-hybridized carbons (Fsp3) is 0.697. The number of hydrogen-bond donors (Lipinski definition) is 13. The summed E-state index contributed by atoms with van der Waals surface area (Å²) >= 11 is 1.28. The maximum Gasteiger partial charge on any atom is 0.326 e. The van der Waals surface area contributed by atoms with Crippen LogP contribution in [0, 0.1) is 11.8 Å². The number of amides is 7. The fourth-order valence-corrected chi connectivity index (χ4v) is 5.24. The molecule has 0 aliphatic carbocycles. The van der Waals surface area contributed by atoms with Crippen LogP contribution < -0.4 is 43.0 Å². The van der Waals surface area contributed by atoms with Gasteiger partial charge in [0.15, 0.2) is 0 Å². The summed E-state index contributed by atoms with van der Waals surface area (Å²) in [7, 11) is 0. The molecule has 57 heavy (non-hydrogen) atoms. The summed E-state index contributed by atoms with van der Waals surface area (Å²) in [6.45, 7) is 5.40. The lowest BCUT2D eigenvalue weighted by Crippen LogP contribution is -2.61. The van der Waals surface area contributed by atoms with Crippen LogP contribution >= 0.6 is 11.8 Å². The smallest absolute Gasteiger partial charge is 0.326 e. The summed E-state index contributed by atoms with van der Waals surface area (Å²) < 4.78 is 0. The third-order valence-electron chi connectivity index (χ3n) is 8.39. The van der Waals surface area contributed by atoms with Crippen molar-refractivity contribution in [3.63, 3.8) is 0 Å². The van der Waals surface area contributed by atoms with Gasteiger partial charge in [-0.05, 0) is 37.2 Å². The Morgan fingerprint density at radius 2 is 1.00 bits per heavy atom. The molecule has 0 fully saturated rings. The number of carboxylic acid groups (broad SMARTS) is 3. The Hall–Kier alpha value is -5.07. The average molecular weight is 837 g/mol. The third kappa shape index (κ3) is 18.6. The van der Waals surface area contributed by atoms with Crippen LogP contribution in [0.15, 0.2) is 0 Å². The molecule has 0 radical (unpaired) electrons. The van der Waals surface area contributed by atoms with Gasteiger partial charge in [0.1, 0.15) is 42.3 Å². The number of aliphatic carboxylic acids is 3. The first kappa shape index (κ1) is 51.9. The molecule has 0 saturated heterocycles. The molecule has 0 aromatic rings. The van der Waals surface area contributed by atoms with Crippen LogP contribution in [-0.4, -0.2) is 158 Å². The zero-order chi connectivity index (χ0) is 44.2. The average Bonchev–Trinajstić information content (AvgIpc) is 3.13. The Labute approximate surface area is 332 Å². The predicted octanol–water partition coefficient (Wildman–Crippen LogP) is -4.80. The lowest BCUT2D eigenvalue weighted by Gasteiger charge is -2.27. The van der Waals surface area contributed by atoms with Gasteiger partial charge in [-0.1, -0.05) is 34.1 Å². The van der Waals surface area contributed by atoms with Crippen molar-refractivity contribution in [2.45, 2.75) is 109 Å². The highest BCUT2D eigenvalue weighted by Crippen LogP contribution is 2.10. The Kier molecular flexibility index (Phi) is 23.7. The molecule has 0 bridgehead atoms. The van der Waals surface area contributed by atoms with Crippen LogP contribution in [0.5, 0.6) is 0 Å². The van der Waals surface area contributed by atoms with Crippen molar-refractivity contribution in [2.24, 2.45) is 17.6 Å². The van der Waals surface area contributed by atoms with Gasteiger partial charge in [0, 0.05) is 0 Å². The number of nitrogens with one attached hydrogen (secondary N) is 7. The van der Waals surface area contributed by atoms with E-state index in [9.17, 15) is 68.4 Å². The Balaban J connectivity index is 5.79. The molecule has 0 aliphatic heterocycles. The SMILES string of the molecule is CC[C@H](C)[C@H](NC(=O)[C@@H](N)CC(=O)O)C(=O)N[C@@H](CO)C(=O)N[C@@H](CO)C(=O)N[C@@H](C)C(=O)N[C@@H](CCSC)C(=O)N[C@@H](CC(=O)O)C(=O)N[C@H](C(=O)O)C(C)C. The van der Waals surface area contributed by atoms with Gasteiger partial charge in [0.05, 0.1) is 32.1 Å². The van der Waals surface area contributed by atoms with E-state index in [4.69, 9.17) is 10.8 Å². The molecule has 9 atom stereocenters. The molecular weight excluding hydrogens is 780 g/mol. The van der Waals surface area contributed by atoms with Gasteiger partial charge >= 0.3 is 17.9 Å². The largest absolute Gasteiger partial charge is 0.481 e. The van der Waals surface area contributed by atoms with Crippen LogP contribution in [0.25, 0.3) is 0 Å². The van der Waals surface area contributed by atoms with Gasteiger partial charge in [-0.2, -0.15) is 11.8 Å². The number of rotatable bonds is 27. The first-order valence-corrected chi connectivity index (χ1v) is 19.2. The van der Waals surface area contributed by atoms with Gasteiger partial charge in [0.2, 0.25) is 41.4 Å². The second-order valence-corrected chi connectivity index (χ2v) is 14.3. The van der Waals surface area contributed by atoms with E-state index in [1.807, 2.05) is 0 Å². The van der Waals surface area contributed by atoms with E-state index < -0.39 is 145 Å². The minimum Gasteiger partial charge on any atom is -0.481 e. The first-order valence-electron chi connectivity index (χ1n) is 17.8. The van der Waals surface area contributed by atoms with Crippen molar-refractivity contribution >= 4 is 71.0 Å². The summed E-state index contributed by atoms with van der Waals surface area (Å²) in [5, 5.41) is 63.1. The highest BCUT2D eigenvalue weighted by Gasteiger charge is 2.35. The molecule has 24 heteroatoms. The summed E-state index contributed by atoms with van der Waals surface area (Å²) in [6.07, 6.45) is 0.333. The quantitative estimate of drug-likeness (QED) is 0.0369. The van der Waals surface area contributed by atoms with Gasteiger partial charge < -0.3 is 68.5 Å². The fourth-order valence-electron chi connectivity index (χ4n) is 4.77. The van der Waals surface area contributed by atoms with Crippen molar-refractivity contribution in [2.75, 3.05) is 25.2 Å². The number of thioether (sulfide) groups is 1. The van der Waals surface area contributed by atoms with E-state index in [1.165, 1.54) is 32.5 Å². The number of nitrogens with two attached hydrogens (primary N) is 1. The maximum absolute atomic E-state index is 13.3. The normalized spacial score (nSPS) is 15.8. The zero-order valence-corrected chi connectivity index (χ0v) is 33.3. The first-order chi connectivity index (χ1) is 26.5. The van der Waals surface area contributed by atoms with E-state index in [-0.39, 0.29) is 12.2 Å². The Morgan fingerprint density at radius 1 is 0.561 bits per heavy atom. The molecule has 324 valence electrons. The van der Waals surface area contributed by atoms with Crippen LogP contribution in [0.3, 0.4) is 0 Å². The maximum atomic E-state index is 13.3. The second kappa shape index (κ2) is 26.0. The highest BCUT2D eigenvalue weighted by atomic mass is 32.2. The van der Waals surface area contributed by atoms with Crippen molar-refractivity contribution in [3.05, 3.63) is 0 Å². The van der Waals surface area contributed by atoms with Crippen LogP contribution in [0.4, 0.5) is 0 Å². The number of aliphatic hydroxyl groups is 2. The van der Waals surface area contributed by atoms with Gasteiger partial charge in [0.25, 0.3) is 0 Å². The van der Waals surface area contributed by atoms with E-state index in [0.717, 1.165) is 0 Å². The second-order valence-electron chi connectivity index (χ2n) is 13.4. The lowest BCUT2D eigenvalue weighted by atomic mass is 9.97. The van der Waals surface area contributed by atoms with Crippen LogP contribution in [0.1, 0.15) is 60.3 Å². The summed E-state index contributed by atoms with van der Waals surface area (Å²) in [6, 6.07) is -12.2. The topological polar surface area (TPSA) is 382 Å². The monoisotopic (exact) mass is 836 g/mol. The third-order valence-corrected chi connectivity index (χ3v) is 9.04. The number of carbonyl (C=O) groups is 10. The van der Waals surface area contributed by atoms with Crippen LogP contribution in [-0.2, 0) is 47.9 Å². The Bertz CT molecular complexity index is 1450. The minimum absolute atomic E-state index is 0.0368. The number of hydrogen-bond acceptors (Lipinski definition) is 14. The zero-order valence-electron chi connectivity index (χ0n) is 32.5. The van der Waals surface area contributed by atoms with E-state index >= 15 is 0 Å². The molecule has 0 unspecified atom stereocenters. The highest BCUT2D eigenvalue weighted by molar-refractivity contribution is 7.98. The molecular formula is C33H56N8O15S. The molecule has 0 aliphatic rings. The summed E-state index contributed by atoms with van der Waals surface area (Å²) in [5.74, 6) is -12.4. The van der Waals surface area contributed by atoms with Crippen molar-refractivity contribution in [1.29, 1.82) is 0 Å². The predicted molar refractivity (Wildman–Crippen MR) is 201 cm³/mol. The molecule has 23 nitrogen and oxygen atoms in total. The summed E-state index contributed by atoms with van der Waals surface area (Å²) in [4.78, 5) is 125. The summed E-state index contributed by atoms with van der Waals surface area (Å²) in [5.41, 5.74) is 5.58. The van der Waals surface area contributed by atoms with Crippen molar-refractivity contribution in [3.8, 4) is 0 Å². The lowest BCUT2D eigenvalue weighted by molar-refractivity contribution is -0.144. The number of carboxylic acids is 3. The molecule has 0 saturated carbocycles. The molecule has 0 spiro atoms. The Morgan fingerprint density at radius 3 is 1.46 bits per heavy atom. The van der Waals surface area contributed by atoms with Crippen LogP contribution in [0.2, 0.25) is 0 Å². The molecule has 0 aromatic heterocycles. The van der Waals surface area contributed by atoms with E-state index in [1.54, 1.807) is 20.1 Å². The van der Waals surface area contributed by atoms with E-state index in [0.29, 0.717) is 6.42 Å². The van der Waals surface area contributed by atoms with Crippen molar-refractivity contribution in [1.82, 2.24) is 37.2 Å². The van der Waals surface area contributed by atoms with Gasteiger partial charge in [-0.15, -0.1) is 0 Å². The standard InChI is InChI=1S/C33H56N8O15S/c1-7-15(4)25(41-27(49)17(34)10-22(44)45)32(54)39-21(13-43)31(53)38-20(12-42)30(52)35-16(5)26(48)36-18(8-9-57-6)28(50)37-19(11-23(46)47)29(51)40-24(14(2)3)33(55)56/h14-21,24-25,42-43H,7-13,34H2,1-6H3,(H,35,52)(H,36,48)(H,37,50)(H,38,53)(H,39,54)(H,40,51)(H,41,49)(H,44,45)(H,46,47)(H,55,56)/t15-,16-,17-,18-,19-,20-,21-,24-,25-/m0/s1. The molecule has 7 amide bonds. The van der Waals surface area contributed by atoms with Gasteiger partial charge in [-0.3, -0.25) is 43.2 Å². The minimum atomic E-state index is -1.75. The van der Waals surface area contributed by atoms with E-state index in [2.05, 4.69) is 37.2 Å². The number of carbonyl (C=O) groups excluding carboxylic acids is 7. The molecule has 0 heterocycles. The molecule has 0 rings (SSSR count).